The Kier molecular flexibility index (Phi) is 4.77. The molecule has 2 rings (SSSR count). The average Bonchev–Trinajstić information content (AvgIpc) is 2.94. The molecule has 0 atom stereocenters. The average molecular weight is 286 g/mol. The minimum atomic E-state index is -0.277. The number of benzene rings is 1. The van der Waals surface area contributed by atoms with E-state index in [-0.39, 0.29) is 5.91 Å². The minimum Gasteiger partial charge on any atom is -0.497 e. The Morgan fingerprint density at radius 2 is 2.00 bits per heavy atom. The molecule has 1 amide bonds. The van der Waals surface area contributed by atoms with E-state index in [9.17, 15) is 4.79 Å². The predicted octanol–water partition coefficient (Wildman–Crippen LogP) is 3.14. The molecule has 110 valence electrons. The number of amides is 1. The SMILES string of the molecule is CCC(=NNC(=O)c1ccoc1C)c1ccc(OC)cc1. The van der Waals surface area contributed by atoms with Crippen LogP contribution in [0.25, 0.3) is 0 Å². The molecule has 2 aromatic rings. The van der Waals surface area contributed by atoms with Gasteiger partial charge in [-0.05, 0) is 49.2 Å². The molecule has 0 saturated heterocycles. The summed E-state index contributed by atoms with van der Waals surface area (Å²) < 4.78 is 10.2. The van der Waals surface area contributed by atoms with Gasteiger partial charge < -0.3 is 9.15 Å². The monoisotopic (exact) mass is 286 g/mol. The maximum absolute atomic E-state index is 12.0. The van der Waals surface area contributed by atoms with Crippen molar-refractivity contribution >= 4 is 11.6 Å². The van der Waals surface area contributed by atoms with Gasteiger partial charge in [-0.1, -0.05) is 6.92 Å². The second-order valence-electron chi connectivity index (χ2n) is 4.47. The van der Waals surface area contributed by atoms with Crippen LogP contribution in [-0.4, -0.2) is 18.7 Å². The summed E-state index contributed by atoms with van der Waals surface area (Å²) in [6.45, 7) is 3.72. The largest absolute Gasteiger partial charge is 0.497 e. The Hall–Kier alpha value is -2.56. The third-order valence-electron chi connectivity index (χ3n) is 3.15. The molecule has 0 spiro atoms. The van der Waals surface area contributed by atoms with E-state index in [2.05, 4.69) is 10.5 Å². The Morgan fingerprint density at radius 1 is 1.29 bits per heavy atom. The molecule has 5 nitrogen and oxygen atoms in total. The standard InChI is InChI=1S/C16H18N2O3/c1-4-15(12-5-7-13(20-3)8-6-12)17-18-16(19)14-9-10-21-11(14)2/h5-10H,4H2,1-3H3,(H,18,19). The summed E-state index contributed by atoms with van der Waals surface area (Å²) in [4.78, 5) is 12.0. The van der Waals surface area contributed by atoms with E-state index in [0.29, 0.717) is 17.7 Å². The Labute approximate surface area is 123 Å². The second kappa shape index (κ2) is 6.74. The molecule has 1 aromatic carbocycles. The van der Waals surface area contributed by atoms with Gasteiger partial charge in [0.15, 0.2) is 0 Å². The number of carbonyl (C=O) groups is 1. The molecule has 0 bridgehead atoms. The van der Waals surface area contributed by atoms with Crippen LogP contribution in [0.4, 0.5) is 0 Å². The normalized spacial score (nSPS) is 11.3. The summed E-state index contributed by atoms with van der Waals surface area (Å²) in [5.74, 6) is 1.08. The zero-order valence-corrected chi connectivity index (χ0v) is 12.3. The van der Waals surface area contributed by atoms with Crippen LogP contribution in [0.2, 0.25) is 0 Å². The van der Waals surface area contributed by atoms with Gasteiger partial charge in [0.25, 0.3) is 5.91 Å². The van der Waals surface area contributed by atoms with Gasteiger partial charge in [-0.2, -0.15) is 5.10 Å². The van der Waals surface area contributed by atoms with Crippen LogP contribution in [0, 0.1) is 6.92 Å². The van der Waals surface area contributed by atoms with Gasteiger partial charge in [0.1, 0.15) is 11.5 Å². The molecule has 0 aliphatic heterocycles. The molecule has 0 aliphatic rings. The minimum absolute atomic E-state index is 0.277. The highest BCUT2D eigenvalue weighted by Gasteiger charge is 2.11. The second-order valence-corrected chi connectivity index (χ2v) is 4.47. The first-order valence-electron chi connectivity index (χ1n) is 6.71. The lowest BCUT2D eigenvalue weighted by atomic mass is 10.1. The van der Waals surface area contributed by atoms with Crippen LogP contribution in [0.5, 0.6) is 5.75 Å². The number of aryl methyl sites for hydroxylation is 1. The molecule has 1 aromatic heterocycles. The molecule has 21 heavy (non-hydrogen) atoms. The molecule has 1 heterocycles. The van der Waals surface area contributed by atoms with Crippen LogP contribution >= 0.6 is 0 Å². The van der Waals surface area contributed by atoms with Crippen molar-refractivity contribution in [1.29, 1.82) is 0 Å². The maximum Gasteiger partial charge on any atom is 0.274 e. The molecular weight excluding hydrogens is 268 g/mol. The third kappa shape index (κ3) is 3.51. The van der Waals surface area contributed by atoms with Crippen molar-refractivity contribution in [3.05, 3.63) is 53.5 Å². The number of nitrogens with zero attached hydrogens (tertiary/aromatic N) is 1. The number of methoxy groups -OCH3 is 1. The number of rotatable bonds is 5. The zero-order chi connectivity index (χ0) is 15.2. The van der Waals surface area contributed by atoms with Gasteiger partial charge >= 0.3 is 0 Å². The maximum atomic E-state index is 12.0. The Morgan fingerprint density at radius 3 is 2.52 bits per heavy atom. The van der Waals surface area contributed by atoms with E-state index < -0.39 is 0 Å². The van der Waals surface area contributed by atoms with E-state index >= 15 is 0 Å². The van der Waals surface area contributed by atoms with Crippen LogP contribution in [-0.2, 0) is 0 Å². The van der Waals surface area contributed by atoms with Crippen LogP contribution in [0.3, 0.4) is 0 Å². The van der Waals surface area contributed by atoms with E-state index in [1.165, 1.54) is 6.26 Å². The predicted molar refractivity (Wildman–Crippen MR) is 80.7 cm³/mol. The van der Waals surface area contributed by atoms with Crippen molar-refractivity contribution in [3.8, 4) is 5.75 Å². The fourth-order valence-corrected chi connectivity index (χ4v) is 1.93. The lowest BCUT2D eigenvalue weighted by molar-refractivity contribution is 0.0953. The number of hydrogen-bond donors (Lipinski definition) is 1. The highest BCUT2D eigenvalue weighted by atomic mass is 16.5. The molecule has 5 heteroatoms. The number of nitrogens with one attached hydrogen (secondary N) is 1. The van der Waals surface area contributed by atoms with E-state index in [0.717, 1.165) is 17.0 Å². The van der Waals surface area contributed by atoms with Crippen LogP contribution in [0.1, 0.15) is 35.0 Å². The highest BCUT2D eigenvalue weighted by molar-refractivity contribution is 6.02. The number of furan rings is 1. The van der Waals surface area contributed by atoms with Crippen molar-refractivity contribution in [3.63, 3.8) is 0 Å². The fourth-order valence-electron chi connectivity index (χ4n) is 1.93. The number of ether oxygens (including phenoxy) is 1. The van der Waals surface area contributed by atoms with E-state index in [1.54, 1.807) is 20.1 Å². The van der Waals surface area contributed by atoms with Gasteiger partial charge in [0, 0.05) is 0 Å². The van der Waals surface area contributed by atoms with Gasteiger partial charge in [-0.3, -0.25) is 4.79 Å². The van der Waals surface area contributed by atoms with Gasteiger partial charge in [0.05, 0.1) is 24.6 Å². The molecule has 1 N–H and O–H groups in total. The summed E-state index contributed by atoms with van der Waals surface area (Å²) in [5.41, 5.74) is 4.80. The van der Waals surface area contributed by atoms with Gasteiger partial charge in [-0.25, -0.2) is 5.43 Å². The molecule has 0 saturated carbocycles. The van der Waals surface area contributed by atoms with Crippen molar-refractivity contribution in [2.24, 2.45) is 5.10 Å². The summed E-state index contributed by atoms with van der Waals surface area (Å²) in [5, 5.41) is 4.20. The zero-order valence-electron chi connectivity index (χ0n) is 12.3. The third-order valence-corrected chi connectivity index (χ3v) is 3.15. The smallest absolute Gasteiger partial charge is 0.274 e. The fraction of sp³-hybridized carbons (Fsp3) is 0.250. The topological polar surface area (TPSA) is 63.8 Å². The lowest BCUT2D eigenvalue weighted by Gasteiger charge is -2.06. The quantitative estimate of drug-likeness (QED) is 0.678. The first kappa shape index (κ1) is 14.8. The van der Waals surface area contributed by atoms with Crippen molar-refractivity contribution in [1.82, 2.24) is 5.43 Å². The molecule has 0 radical (unpaired) electrons. The van der Waals surface area contributed by atoms with E-state index in [1.807, 2.05) is 31.2 Å². The summed E-state index contributed by atoms with van der Waals surface area (Å²) in [6.07, 6.45) is 2.19. The van der Waals surface area contributed by atoms with Crippen LogP contribution in [0.15, 0.2) is 46.1 Å². The summed E-state index contributed by atoms with van der Waals surface area (Å²) >= 11 is 0. The Bertz CT molecular complexity index is 642. The van der Waals surface area contributed by atoms with Crippen molar-refractivity contribution in [2.75, 3.05) is 7.11 Å². The number of carbonyl (C=O) groups excluding carboxylic acids is 1. The molecule has 0 unspecified atom stereocenters. The molecule has 0 aliphatic carbocycles. The van der Waals surface area contributed by atoms with Gasteiger partial charge in [-0.15, -0.1) is 0 Å². The van der Waals surface area contributed by atoms with Crippen molar-refractivity contribution in [2.45, 2.75) is 20.3 Å². The van der Waals surface area contributed by atoms with Crippen molar-refractivity contribution < 1.29 is 13.9 Å². The first-order chi connectivity index (χ1) is 10.2. The van der Waals surface area contributed by atoms with E-state index in [4.69, 9.17) is 9.15 Å². The molecule has 0 fully saturated rings. The number of hydrazone groups is 1. The first-order valence-corrected chi connectivity index (χ1v) is 6.71. The molecular formula is C16H18N2O3. The van der Waals surface area contributed by atoms with Gasteiger partial charge in [0.2, 0.25) is 0 Å². The summed E-state index contributed by atoms with van der Waals surface area (Å²) in [7, 11) is 1.62. The lowest BCUT2D eigenvalue weighted by Crippen LogP contribution is -2.20. The summed E-state index contributed by atoms with van der Waals surface area (Å²) in [6, 6.07) is 9.18. The highest BCUT2D eigenvalue weighted by Crippen LogP contribution is 2.13. The number of hydrogen-bond acceptors (Lipinski definition) is 4. The van der Waals surface area contributed by atoms with Crippen LogP contribution < -0.4 is 10.2 Å². The Balaban J connectivity index is 2.13.